The van der Waals surface area contributed by atoms with Crippen molar-refractivity contribution in [3.8, 4) is 0 Å². The Morgan fingerprint density at radius 3 is 2.00 bits per heavy atom. The quantitative estimate of drug-likeness (QED) is 0.523. The van der Waals surface area contributed by atoms with Crippen LogP contribution in [0, 0.1) is 0 Å². The third-order valence-corrected chi connectivity index (χ3v) is 2.82. The van der Waals surface area contributed by atoms with Gasteiger partial charge in [0, 0.05) is 5.57 Å². The molecule has 0 saturated carbocycles. The minimum Gasteiger partial charge on any atom is -0.466 e. The van der Waals surface area contributed by atoms with E-state index in [1.807, 2.05) is 0 Å². The number of ether oxygens (including phenoxy) is 1. The number of hydrogen-bond acceptors (Lipinski definition) is 4. The van der Waals surface area contributed by atoms with Gasteiger partial charge in [-0.25, -0.2) is 4.79 Å². The Kier molecular flexibility index (Phi) is 6.74. The summed E-state index contributed by atoms with van der Waals surface area (Å²) in [6.45, 7) is 8.47. The molecule has 0 aliphatic heterocycles. The highest BCUT2D eigenvalue weighted by Gasteiger charge is 2.07. The minimum absolute atomic E-state index is 0.104. The van der Waals surface area contributed by atoms with Gasteiger partial charge in [-0.2, -0.15) is 8.42 Å². The Morgan fingerprint density at radius 2 is 1.79 bits per heavy atom. The molecule has 0 fully saturated rings. The topological polar surface area (TPSA) is 80.7 Å². The monoisotopic (exact) mass is 284 g/mol. The van der Waals surface area contributed by atoms with Crippen LogP contribution in [0.5, 0.6) is 0 Å². The first kappa shape index (κ1) is 17.1. The molecule has 1 rings (SSSR count). The number of carbonyl (C=O) groups excluding carboxylic acids is 1. The molecular weight excluding hydrogens is 268 g/mol. The van der Waals surface area contributed by atoms with Crippen molar-refractivity contribution >= 4 is 22.2 Å². The van der Waals surface area contributed by atoms with Gasteiger partial charge in [0.15, 0.2) is 0 Å². The van der Waals surface area contributed by atoms with E-state index < -0.39 is 10.1 Å². The second-order valence-corrected chi connectivity index (χ2v) is 4.94. The molecule has 104 valence electrons. The molecule has 6 heteroatoms. The molecule has 0 saturated heterocycles. The summed E-state index contributed by atoms with van der Waals surface area (Å²) >= 11 is 0. The van der Waals surface area contributed by atoms with E-state index in [0.29, 0.717) is 5.57 Å². The van der Waals surface area contributed by atoms with E-state index in [1.165, 1.54) is 19.2 Å². The molecule has 0 heterocycles. The van der Waals surface area contributed by atoms with Crippen LogP contribution < -0.4 is 0 Å². The lowest BCUT2D eigenvalue weighted by atomic mass is 10.2. The molecule has 0 aliphatic carbocycles. The molecule has 1 aromatic carbocycles. The Labute approximate surface area is 113 Å². The first-order valence-electron chi connectivity index (χ1n) is 5.16. The van der Waals surface area contributed by atoms with Gasteiger partial charge in [0.2, 0.25) is 0 Å². The summed E-state index contributed by atoms with van der Waals surface area (Å²) in [5.41, 5.74) is 1.24. The molecule has 19 heavy (non-hydrogen) atoms. The van der Waals surface area contributed by atoms with Crippen LogP contribution in [0.4, 0.5) is 0 Å². The fraction of sp³-hybridized carbons (Fsp3) is 0.154. The zero-order valence-electron chi connectivity index (χ0n) is 10.8. The third kappa shape index (κ3) is 6.54. The van der Waals surface area contributed by atoms with Gasteiger partial charge in [0.05, 0.1) is 12.0 Å². The van der Waals surface area contributed by atoms with Crippen molar-refractivity contribution in [3.05, 3.63) is 48.6 Å². The third-order valence-electron chi connectivity index (χ3n) is 1.95. The van der Waals surface area contributed by atoms with Crippen molar-refractivity contribution in [2.75, 3.05) is 7.11 Å². The molecule has 0 unspecified atom stereocenters. The van der Waals surface area contributed by atoms with Crippen LogP contribution in [0.2, 0.25) is 0 Å². The van der Waals surface area contributed by atoms with Crippen molar-refractivity contribution in [1.29, 1.82) is 0 Å². The Hall–Kier alpha value is -1.92. The number of esters is 1. The number of benzene rings is 1. The smallest absolute Gasteiger partial charge is 0.332 e. The molecule has 5 nitrogen and oxygen atoms in total. The summed E-state index contributed by atoms with van der Waals surface area (Å²) in [5.74, 6) is -0.347. The Balaban J connectivity index is 0.000000399. The predicted molar refractivity (Wildman–Crippen MR) is 73.2 cm³/mol. The van der Waals surface area contributed by atoms with Crippen LogP contribution in [-0.4, -0.2) is 26.0 Å². The van der Waals surface area contributed by atoms with E-state index in [4.69, 9.17) is 4.55 Å². The first-order chi connectivity index (χ1) is 8.72. The molecular formula is C13H16O5S. The number of hydrogen-bond donors (Lipinski definition) is 1. The fourth-order valence-corrected chi connectivity index (χ4v) is 1.43. The summed E-state index contributed by atoms with van der Waals surface area (Å²) in [6, 6.07) is 5.78. The van der Waals surface area contributed by atoms with E-state index >= 15 is 0 Å². The first-order valence-corrected chi connectivity index (χ1v) is 6.60. The van der Waals surface area contributed by atoms with Crippen molar-refractivity contribution in [2.24, 2.45) is 0 Å². The molecule has 1 N–H and O–H groups in total. The summed E-state index contributed by atoms with van der Waals surface area (Å²) in [6.07, 6.45) is 1.59. The number of rotatable bonds is 3. The van der Waals surface area contributed by atoms with Crippen molar-refractivity contribution < 1.29 is 22.5 Å². The largest absolute Gasteiger partial charge is 0.466 e. The van der Waals surface area contributed by atoms with Gasteiger partial charge in [-0.1, -0.05) is 31.4 Å². The van der Waals surface area contributed by atoms with E-state index in [2.05, 4.69) is 17.9 Å². The second-order valence-electron chi connectivity index (χ2n) is 3.52. The summed E-state index contributed by atoms with van der Waals surface area (Å²) in [7, 11) is -2.73. The molecule has 0 bridgehead atoms. The summed E-state index contributed by atoms with van der Waals surface area (Å²) < 4.78 is 34.0. The highest BCUT2D eigenvalue weighted by molar-refractivity contribution is 7.85. The molecule has 0 spiro atoms. The average Bonchev–Trinajstić information content (AvgIpc) is 2.37. The van der Waals surface area contributed by atoms with Crippen molar-refractivity contribution in [2.45, 2.75) is 11.8 Å². The van der Waals surface area contributed by atoms with E-state index in [9.17, 15) is 13.2 Å². The maximum absolute atomic E-state index is 10.6. The van der Waals surface area contributed by atoms with Gasteiger partial charge in [-0.05, 0) is 24.6 Å². The zero-order valence-corrected chi connectivity index (χ0v) is 11.6. The highest BCUT2D eigenvalue weighted by Crippen LogP contribution is 2.10. The van der Waals surface area contributed by atoms with Crippen LogP contribution in [-0.2, 0) is 19.6 Å². The molecule has 1 aromatic rings. The van der Waals surface area contributed by atoms with Crippen molar-refractivity contribution in [3.63, 3.8) is 0 Å². The maximum Gasteiger partial charge on any atom is 0.332 e. The zero-order chi connectivity index (χ0) is 15.1. The van der Waals surface area contributed by atoms with Gasteiger partial charge < -0.3 is 4.74 Å². The maximum atomic E-state index is 10.6. The van der Waals surface area contributed by atoms with Crippen molar-refractivity contribution in [1.82, 2.24) is 0 Å². The SMILES string of the molecule is C=C(C)C(=O)OC.C=Cc1ccc(S(=O)(=O)O)cc1. The van der Waals surface area contributed by atoms with Gasteiger partial charge in [0.25, 0.3) is 10.1 Å². The lowest BCUT2D eigenvalue weighted by Gasteiger charge is -1.96. The molecule has 0 radical (unpaired) electrons. The molecule has 0 aliphatic rings. The van der Waals surface area contributed by atoms with Crippen LogP contribution in [0.3, 0.4) is 0 Å². The van der Waals surface area contributed by atoms with E-state index in [1.54, 1.807) is 25.1 Å². The highest BCUT2D eigenvalue weighted by atomic mass is 32.2. The van der Waals surface area contributed by atoms with Gasteiger partial charge in [-0.3, -0.25) is 4.55 Å². The number of methoxy groups -OCH3 is 1. The fourth-order valence-electron chi connectivity index (χ4n) is 0.950. The van der Waals surface area contributed by atoms with E-state index in [0.717, 1.165) is 5.56 Å². The normalized spacial score (nSPS) is 9.84. The second kappa shape index (κ2) is 7.50. The van der Waals surface area contributed by atoms with Gasteiger partial charge in [0.1, 0.15) is 0 Å². The molecule has 0 atom stereocenters. The van der Waals surface area contributed by atoms with E-state index in [-0.39, 0.29) is 10.9 Å². The standard InChI is InChI=1S/C8H8O3S.C5H8O2/c1-2-7-3-5-8(6-4-7)12(9,10)11;1-4(2)5(6)7-3/h2-6H,1H2,(H,9,10,11);1H2,2-3H3. The molecule has 0 aromatic heterocycles. The van der Waals surface area contributed by atoms with Gasteiger partial charge >= 0.3 is 5.97 Å². The minimum atomic E-state index is -4.06. The van der Waals surface area contributed by atoms with Crippen LogP contribution in [0.1, 0.15) is 12.5 Å². The summed E-state index contributed by atoms with van der Waals surface area (Å²) in [4.78, 5) is 10.1. The summed E-state index contributed by atoms with van der Waals surface area (Å²) in [5, 5.41) is 0. The number of carbonyl (C=O) groups is 1. The Bertz CT molecular complexity index is 555. The van der Waals surface area contributed by atoms with Crippen LogP contribution >= 0.6 is 0 Å². The van der Waals surface area contributed by atoms with Crippen LogP contribution in [0.25, 0.3) is 6.08 Å². The average molecular weight is 284 g/mol. The lowest BCUT2D eigenvalue weighted by molar-refractivity contribution is -0.136. The van der Waals surface area contributed by atoms with Gasteiger partial charge in [-0.15, -0.1) is 0 Å². The molecule has 0 amide bonds. The lowest BCUT2D eigenvalue weighted by Crippen LogP contribution is -1.98. The van der Waals surface area contributed by atoms with Crippen LogP contribution in [0.15, 0.2) is 47.9 Å². The predicted octanol–water partition coefficient (Wildman–Crippen LogP) is 2.31. The Morgan fingerprint density at radius 1 is 1.32 bits per heavy atom.